The molecule has 2 nitrogen and oxygen atoms in total. The number of aromatic nitrogens is 2. The molecule has 0 unspecified atom stereocenters. The minimum atomic E-state index is 0.483. The maximum absolute atomic E-state index is 4.38. The van der Waals surface area contributed by atoms with Gasteiger partial charge in [0.1, 0.15) is 0 Å². The Morgan fingerprint density at radius 3 is 2.62 bits per heavy atom. The Morgan fingerprint density at radius 1 is 1.38 bits per heavy atom. The standard InChI is InChI=1S/C10H13BrN2/c1-6(2)8-5-9(7-3-4-7)13-10(11)12-8/h5-7H,3-4H2,1-2H3. The van der Waals surface area contributed by atoms with Crippen molar-refractivity contribution in [2.75, 3.05) is 0 Å². The Kier molecular flexibility index (Phi) is 2.37. The third-order valence-corrected chi connectivity index (χ3v) is 2.68. The fraction of sp³-hybridized carbons (Fsp3) is 0.600. The maximum atomic E-state index is 4.38. The van der Waals surface area contributed by atoms with Crippen LogP contribution in [0.1, 0.15) is 49.9 Å². The molecule has 0 atom stereocenters. The average Bonchev–Trinajstić information content (AvgIpc) is 2.85. The van der Waals surface area contributed by atoms with E-state index in [0.29, 0.717) is 11.8 Å². The maximum Gasteiger partial charge on any atom is 0.197 e. The molecule has 70 valence electrons. The Hall–Kier alpha value is -0.440. The first-order chi connectivity index (χ1) is 6.16. The fourth-order valence-electron chi connectivity index (χ4n) is 1.34. The van der Waals surface area contributed by atoms with Gasteiger partial charge in [0, 0.05) is 17.3 Å². The summed E-state index contributed by atoms with van der Waals surface area (Å²) in [6.07, 6.45) is 2.59. The molecule has 1 fully saturated rings. The van der Waals surface area contributed by atoms with Crippen LogP contribution in [0.3, 0.4) is 0 Å². The van der Waals surface area contributed by atoms with E-state index in [1.807, 2.05) is 0 Å². The second-order valence-corrected chi connectivity index (χ2v) is 4.62. The highest BCUT2D eigenvalue weighted by atomic mass is 79.9. The lowest BCUT2D eigenvalue weighted by atomic mass is 10.1. The van der Waals surface area contributed by atoms with E-state index in [1.54, 1.807) is 0 Å². The Bertz CT molecular complexity index is 298. The quantitative estimate of drug-likeness (QED) is 0.743. The van der Waals surface area contributed by atoms with Crippen molar-refractivity contribution in [3.63, 3.8) is 0 Å². The molecule has 0 aromatic carbocycles. The van der Waals surface area contributed by atoms with Crippen LogP contribution in [0.4, 0.5) is 0 Å². The second-order valence-electron chi connectivity index (χ2n) is 3.92. The summed E-state index contributed by atoms with van der Waals surface area (Å²) in [5.74, 6) is 1.19. The van der Waals surface area contributed by atoms with Gasteiger partial charge in [0.25, 0.3) is 0 Å². The minimum Gasteiger partial charge on any atom is -0.227 e. The van der Waals surface area contributed by atoms with E-state index in [4.69, 9.17) is 0 Å². The first-order valence-electron chi connectivity index (χ1n) is 4.71. The molecule has 1 aliphatic rings. The third-order valence-electron chi connectivity index (χ3n) is 2.33. The molecule has 1 aromatic heterocycles. The van der Waals surface area contributed by atoms with Gasteiger partial charge in [-0.2, -0.15) is 0 Å². The number of rotatable bonds is 2. The molecule has 0 N–H and O–H groups in total. The van der Waals surface area contributed by atoms with Gasteiger partial charge in [0.15, 0.2) is 4.73 Å². The summed E-state index contributed by atoms with van der Waals surface area (Å²) in [7, 11) is 0. The van der Waals surface area contributed by atoms with Gasteiger partial charge in [-0.1, -0.05) is 13.8 Å². The molecular formula is C10H13BrN2. The molecule has 1 heterocycles. The molecular weight excluding hydrogens is 228 g/mol. The molecule has 0 bridgehead atoms. The van der Waals surface area contributed by atoms with Gasteiger partial charge < -0.3 is 0 Å². The number of hydrogen-bond donors (Lipinski definition) is 0. The van der Waals surface area contributed by atoms with Gasteiger partial charge in [0.2, 0.25) is 0 Å². The van der Waals surface area contributed by atoms with Crippen molar-refractivity contribution in [1.82, 2.24) is 9.97 Å². The van der Waals surface area contributed by atoms with Crippen molar-refractivity contribution in [3.8, 4) is 0 Å². The SMILES string of the molecule is CC(C)c1cc(C2CC2)nc(Br)n1. The highest BCUT2D eigenvalue weighted by Crippen LogP contribution is 2.39. The van der Waals surface area contributed by atoms with Crippen LogP contribution in [0.25, 0.3) is 0 Å². The smallest absolute Gasteiger partial charge is 0.197 e. The monoisotopic (exact) mass is 240 g/mol. The third kappa shape index (κ3) is 2.08. The number of halogens is 1. The van der Waals surface area contributed by atoms with E-state index in [1.165, 1.54) is 18.5 Å². The van der Waals surface area contributed by atoms with E-state index in [0.717, 1.165) is 10.4 Å². The van der Waals surface area contributed by atoms with Crippen LogP contribution in [0.5, 0.6) is 0 Å². The Labute approximate surface area is 86.9 Å². The van der Waals surface area contributed by atoms with Gasteiger partial charge >= 0.3 is 0 Å². The second kappa shape index (κ2) is 3.37. The van der Waals surface area contributed by atoms with Gasteiger partial charge in [-0.25, -0.2) is 9.97 Å². The summed E-state index contributed by atoms with van der Waals surface area (Å²) >= 11 is 3.36. The molecule has 0 spiro atoms. The molecule has 1 aliphatic carbocycles. The van der Waals surface area contributed by atoms with Crippen molar-refractivity contribution >= 4 is 15.9 Å². The highest BCUT2D eigenvalue weighted by molar-refractivity contribution is 9.10. The van der Waals surface area contributed by atoms with Gasteiger partial charge in [-0.05, 0) is 40.8 Å². The van der Waals surface area contributed by atoms with Gasteiger partial charge in [0.05, 0.1) is 0 Å². The van der Waals surface area contributed by atoms with Crippen LogP contribution in [0, 0.1) is 0 Å². The van der Waals surface area contributed by atoms with Crippen molar-refractivity contribution in [2.24, 2.45) is 0 Å². The van der Waals surface area contributed by atoms with Crippen LogP contribution in [0.15, 0.2) is 10.8 Å². The Balaban J connectivity index is 2.36. The molecule has 0 amide bonds. The van der Waals surface area contributed by atoms with Crippen LogP contribution >= 0.6 is 15.9 Å². The summed E-state index contributed by atoms with van der Waals surface area (Å²) in [5.41, 5.74) is 2.36. The van der Waals surface area contributed by atoms with E-state index in [9.17, 15) is 0 Å². The van der Waals surface area contributed by atoms with Crippen LogP contribution in [0.2, 0.25) is 0 Å². The topological polar surface area (TPSA) is 25.8 Å². The van der Waals surface area contributed by atoms with Crippen LogP contribution in [-0.2, 0) is 0 Å². The van der Waals surface area contributed by atoms with Crippen LogP contribution in [-0.4, -0.2) is 9.97 Å². The zero-order valence-corrected chi connectivity index (χ0v) is 9.50. The summed E-state index contributed by atoms with van der Waals surface area (Å²) in [6.45, 7) is 4.32. The molecule has 2 rings (SSSR count). The van der Waals surface area contributed by atoms with Gasteiger partial charge in [-0.15, -0.1) is 0 Å². The molecule has 13 heavy (non-hydrogen) atoms. The highest BCUT2D eigenvalue weighted by Gasteiger charge is 2.26. The zero-order chi connectivity index (χ0) is 9.42. The number of nitrogens with zero attached hydrogens (tertiary/aromatic N) is 2. The lowest BCUT2D eigenvalue weighted by molar-refractivity contribution is 0.792. The average molecular weight is 241 g/mol. The molecule has 3 heteroatoms. The van der Waals surface area contributed by atoms with E-state index < -0.39 is 0 Å². The molecule has 0 saturated heterocycles. The molecule has 1 saturated carbocycles. The first kappa shape index (κ1) is 9.13. The largest absolute Gasteiger partial charge is 0.227 e. The lowest BCUT2D eigenvalue weighted by Gasteiger charge is -2.06. The van der Waals surface area contributed by atoms with Crippen molar-refractivity contribution < 1.29 is 0 Å². The fourth-order valence-corrected chi connectivity index (χ4v) is 1.75. The molecule has 0 aliphatic heterocycles. The van der Waals surface area contributed by atoms with E-state index >= 15 is 0 Å². The summed E-state index contributed by atoms with van der Waals surface area (Å²) in [6, 6.07) is 2.15. The normalized spacial score (nSPS) is 16.6. The summed E-state index contributed by atoms with van der Waals surface area (Å²) < 4.78 is 0.737. The number of hydrogen-bond acceptors (Lipinski definition) is 2. The van der Waals surface area contributed by atoms with E-state index in [2.05, 4.69) is 45.8 Å². The zero-order valence-electron chi connectivity index (χ0n) is 7.92. The van der Waals surface area contributed by atoms with Crippen LogP contribution < -0.4 is 0 Å². The predicted octanol–water partition coefficient (Wildman–Crippen LogP) is 3.24. The first-order valence-corrected chi connectivity index (χ1v) is 5.50. The summed E-state index contributed by atoms with van der Waals surface area (Å²) in [5, 5.41) is 0. The van der Waals surface area contributed by atoms with Crippen molar-refractivity contribution in [3.05, 3.63) is 22.2 Å². The summed E-state index contributed by atoms with van der Waals surface area (Å²) in [4.78, 5) is 8.73. The van der Waals surface area contributed by atoms with Crippen molar-refractivity contribution in [1.29, 1.82) is 0 Å². The lowest BCUT2D eigenvalue weighted by Crippen LogP contribution is -1.98. The van der Waals surface area contributed by atoms with Crippen molar-refractivity contribution in [2.45, 2.75) is 38.5 Å². The van der Waals surface area contributed by atoms with Gasteiger partial charge in [-0.3, -0.25) is 0 Å². The Morgan fingerprint density at radius 2 is 2.08 bits per heavy atom. The minimum absolute atomic E-state index is 0.483. The predicted molar refractivity (Wildman–Crippen MR) is 55.8 cm³/mol. The van der Waals surface area contributed by atoms with E-state index in [-0.39, 0.29) is 0 Å². The molecule has 1 aromatic rings. The molecule has 0 radical (unpaired) electrons.